The molecule has 2 rings (SSSR count). The van der Waals surface area contributed by atoms with E-state index < -0.39 is 17.6 Å². The summed E-state index contributed by atoms with van der Waals surface area (Å²) in [6, 6.07) is 1.38. The molecule has 0 aromatic carbocycles. The predicted molar refractivity (Wildman–Crippen MR) is 45.2 cm³/mol. The first-order valence-electron chi connectivity index (χ1n) is 3.53. The van der Waals surface area contributed by atoms with Gasteiger partial charge in [0.2, 0.25) is 5.82 Å². The van der Waals surface area contributed by atoms with Gasteiger partial charge in [-0.1, -0.05) is 0 Å². The molecule has 14 heavy (non-hydrogen) atoms. The summed E-state index contributed by atoms with van der Waals surface area (Å²) in [5.41, 5.74) is -0.677. The summed E-state index contributed by atoms with van der Waals surface area (Å²) < 4.78 is 36.7. The van der Waals surface area contributed by atoms with Gasteiger partial charge in [-0.2, -0.15) is 13.2 Å². The lowest BCUT2D eigenvalue weighted by atomic mass is 10.4. The van der Waals surface area contributed by atoms with Gasteiger partial charge in [0.25, 0.3) is 5.56 Å². The van der Waals surface area contributed by atoms with E-state index in [2.05, 4.69) is 4.98 Å². The molecule has 3 nitrogen and oxygen atoms in total. The molecule has 0 amide bonds. The van der Waals surface area contributed by atoms with Crippen molar-refractivity contribution in [2.45, 2.75) is 6.18 Å². The summed E-state index contributed by atoms with van der Waals surface area (Å²) in [7, 11) is 0. The smallest absolute Gasteiger partial charge is 0.302 e. The summed E-state index contributed by atoms with van der Waals surface area (Å²) in [6.45, 7) is 0. The van der Waals surface area contributed by atoms with Crippen molar-refractivity contribution in [3.63, 3.8) is 0 Å². The Bertz CT molecular complexity index is 527. The van der Waals surface area contributed by atoms with Gasteiger partial charge in [0.05, 0.1) is 5.52 Å². The maximum absolute atomic E-state index is 12.2. The van der Waals surface area contributed by atoms with Gasteiger partial charge in [-0.25, -0.2) is 4.98 Å². The third-order valence-corrected chi connectivity index (χ3v) is 2.49. The lowest BCUT2D eigenvalue weighted by Gasteiger charge is -2.03. The number of nitrogens with zero attached hydrogens (tertiary/aromatic N) is 1. The Balaban J connectivity index is 2.77. The normalized spacial score (nSPS) is 12.2. The maximum atomic E-state index is 12.2. The predicted octanol–water partition coefficient (Wildman–Crippen LogP) is 2.00. The van der Waals surface area contributed by atoms with E-state index in [0.717, 1.165) is 11.3 Å². The minimum atomic E-state index is -4.62. The summed E-state index contributed by atoms with van der Waals surface area (Å²) in [5, 5.41) is 1.52. The summed E-state index contributed by atoms with van der Waals surface area (Å²) in [4.78, 5) is 16.1. The van der Waals surface area contributed by atoms with Gasteiger partial charge in [-0.05, 0) is 11.4 Å². The standard InChI is InChI=1S/C7H3F3N2OS/c8-7(9,10)6-11-3-1-2-14-4(3)5(13)12-6/h1-2H,(H,11,12,13). The Morgan fingerprint density at radius 3 is 2.79 bits per heavy atom. The lowest BCUT2D eigenvalue weighted by Crippen LogP contribution is -2.18. The van der Waals surface area contributed by atoms with Gasteiger partial charge in [-0.3, -0.25) is 4.79 Å². The molecule has 0 radical (unpaired) electrons. The van der Waals surface area contributed by atoms with Gasteiger partial charge in [0.15, 0.2) is 0 Å². The molecule has 0 aliphatic carbocycles. The highest BCUT2D eigenvalue weighted by Gasteiger charge is 2.34. The van der Waals surface area contributed by atoms with E-state index in [1.807, 2.05) is 0 Å². The van der Waals surface area contributed by atoms with E-state index in [1.54, 1.807) is 4.98 Å². The molecule has 0 spiro atoms. The van der Waals surface area contributed by atoms with Crippen molar-refractivity contribution in [2.24, 2.45) is 0 Å². The molecular formula is C7H3F3N2OS. The third kappa shape index (κ3) is 1.39. The Labute approximate surface area is 79.2 Å². The second kappa shape index (κ2) is 2.81. The van der Waals surface area contributed by atoms with Crippen LogP contribution in [0.25, 0.3) is 10.2 Å². The van der Waals surface area contributed by atoms with E-state index in [4.69, 9.17) is 0 Å². The SMILES string of the molecule is O=c1[nH]c(C(F)(F)F)nc2ccsc12. The number of hydrogen-bond donors (Lipinski definition) is 1. The fourth-order valence-electron chi connectivity index (χ4n) is 1.01. The van der Waals surface area contributed by atoms with Crippen LogP contribution in [-0.4, -0.2) is 9.97 Å². The highest BCUT2D eigenvalue weighted by atomic mass is 32.1. The first-order valence-corrected chi connectivity index (χ1v) is 4.41. The number of alkyl halides is 3. The van der Waals surface area contributed by atoms with Crippen LogP contribution in [0.1, 0.15) is 5.82 Å². The van der Waals surface area contributed by atoms with Gasteiger partial charge < -0.3 is 4.98 Å². The van der Waals surface area contributed by atoms with Crippen molar-refractivity contribution in [3.05, 3.63) is 27.6 Å². The second-order valence-corrected chi connectivity index (χ2v) is 3.46. The zero-order valence-corrected chi connectivity index (χ0v) is 7.37. The van der Waals surface area contributed by atoms with E-state index in [9.17, 15) is 18.0 Å². The molecule has 2 heterocycles. The van der Waals surface area contributed by atoms with Crippen LogP contribution in [0, 0.1) is 0 Å². The molecule has 0 bridgehead atoms. The number of hydrogen-bond acceptors (Lipinski definition) is 3. The van der Waals surface area contributed by atoms with Crippen LogP contribution >= 0.6 is 11.3 Å². The van der Waals surface area contributed by atoms with E-state index >= 15 is 0 Å². The Morgan fingerprint density at radius 2 is 2.14 bits per heavy atom. The van der Waals surface area contributed by atoms with Crippen molar-refractivity contribution >= 4 is 21.6 Å². The molecule has 0 saturated heterocycles. The van der Waals surface area contributed by atoms with Crippen LogP contribution in [0.4, 0.5) is 13.2 Å². The minimum Gasteiger partial charge on any atom is -0.302 e. The lowest BCUT2D eigenvalue weighted by molar-refractivity contribution is -0.144. The van der Waals surface area contributed by atoms with Crippen LogP contribution in [0.15, 0.2) is 16.2 Å². The first-order chi connectivity index (χ1) is 6.48. The average Bonchev–Trinajstić information content (AvgIpc) is 2.50. The minimum absolute atomic E-state index is 0.0751. The molecule has 0 atom stereocenters. The monoisotopic (exact) mass is 220 g/mol. The van der Waals surface area contributed by atoms with Crippen LogP contribution in [0.5, 0.6) is 0 Å². The molecule has 2 aromatic rings. The van der Waals surface area contributed by atoms with Crippen molar-refractivity contribution in [2.75, 3.05) is 0 Å². The van der Waals surface area contributed by atoms with Gasteiger partial charge in [-0.15, -0.1) is 11.3 Å². The molecule has 2 aromatic heterocycles. The quantitative estimate of drug-likeness (QED) is 0.738. The number of aromatic nitrogens is 2. The summed E-state index contributed by atoms with van der Waals surface area (Å²) >= 11 is 1.06. The molecule has 74 valence electrons. The van der Waals surface area contributed by atoms with E-state index in [1.165, 1.54) is 11.4 Å². The fraction of sp³-hybridized carbons (Fsp3) is 0.143. The molecule has 0 unspecified atom stereocenters. The molecule has 0 aliphatic rings. The molecule has 7 heteroatoms. The number of rotatable bonds is 0. The summed E-state index contributed by atoms with van der Waals surface area (Å²) in [6.07, 6.45) is -4.62. The van der Waals surface area contributed by atoms with Gasteiger partial charge >= 0.3 is 6.18 Å². The number of thiophene rings is 1. The molecule has 0 saturated carbocycles. The zero-order chi connectivity index (χ0) is 10.3. The number of nitrogens with one attached hydrogen (secondary N) is 1. The molecular weight excluding hydrogens is 217 g/mol. The number of H-pyrrole nitrogens is 1. The highest BCUT2D eigenvalue weighted by Crippen LogP contribution is 2.26. The Morgan fingerprint density at radius 1 is 1.43 bits per heavy atom. The average molecular weight is 220 g/mol. The zero-order valence-electron chi connectivity index (χ0n) is 6.55. The van der Waals surface area contributed by atoms with Gasteiger partial charge in [0.1, 0.15) is 4.70 Å². The maximum Gasteiger partial charge on any atom is 0.449 e. The van der Waals surface area contributed by atoms with Crippen molar-refractivity contribution in [1.82, 2.24) is 9.97 Å². The molecule has 1 N–H and O–H groups in total. The van der Waals surface area contributed by atoms with E-state index in [-0.39, 0.29) is 10.2 Å². The van der Waals surface area contributed by atoms with Crippen LogP contribution in [-0.2, 0) is 6.18 Å². The highest BCUT2D eigenvalue weighted by molar-refractivity contribution is 7.17. The van der Waals surface area contributed by atoms with Gasteiger partial charge in [0, 0.05) is 0 Å². The topological polar surface area (TPSA) is 45.8 Å². The van der Waals surface area contributed by atoms with Crippen LogP contribution in [0.2, 0.25) is 0 Å². The Kier molecular flexibility index (Phi) is 1.84. The van der Waals surface area contributed by atoms with Crippen molar-refractivity contribution in [1.29, 1.82) is 0 Å². The molecule has 0 fully saturated rings. The van der Waals surface area contributed by atoms with Crippen molar-refractivity contribution in [3.8, 4) is 0 Å². The Hall–Kier alpha value is -1.37. The van der Waals surface area contributed by atoms with Crippen LogP contribution in [0.3, 0.4) is 0 Å². The number of aromatic amines is 1. The van der Waals surface area contributed by atoms with Crippen molar-refractivity contribution < 1.29 is 13.2 Å². The first kappa shape index (κ1) is 9.20. The number of fused-ring (bicyclic) bond motifs is 1. The van der Waals surface area contributed by atoms with Crippen LogP contribution < -0.4 is 5.56 Å². The second-order valence-electron chi connectivity index (χ2n) is 2.55. The fourth-order valence-corrected chi connectivity index (χ4v) is 1.73. The summed E-state index contributed by atoms with van der Waals surface area (Å²) in [5.74, 6) is -1.26. The largest absolute Gasteiger partial charge is 0.449 e. The third-order valence-electron chi connectivity index (χ3n) is 1.58. The van der Waals surface area contributed by atoms with E-state index in [0.29, 0.717) is 0 Å². The number of halogens is 3. The molecule has 0 aliphatic heterocycles.